The molecule has 3 aromatic carbocycles. The second-order valence-electron chi connectivity index (χ2n) is 9.11. The summed E-state index contributed by atoms with van der Waals surface area (Å²) in [5, 5.41) is 3.04. The number of benzene rings is 3. The number of hydrogen-bond acceptors (Lipinski definition) is 3. The van der Waals surface area contributed by atoms with Crippen molar-refractivity contribution >= 4 is 23.6 Å². The quantitative estimate of drug-likeness (QED) is 0.332. The van der Waals surface area contributed by atoms with Gasteiger partial charge in [0.1, 0.15) is 11.9 Å². The van der Waals surface area contributed by atoms with Crippen LogP contribution < -0.4 is 5.32 Å². The summed E-state index contributed by atoms with van der Waals surface area (Å²) in [5.74, 6) is 0.0899. The van der Waals surface area contributed by atoms with E-state index in [1.165, 1.54) is 23.4 Å². The van der Waals surface area contributed by atoms with Crippen molar-refractivity contribution in [1.82, 2.24) is 10.2 Å². The number of halogens is 1. The second kappa shape index (κ2) is 13.8. The van der Waals surface area contributed by atoms with Crippen molar-refractivity contribution in [3.8, 4) is 0 Å². The summed E-state index contributed by atoms with van der Waals surface area (Å²) < 4.78 is 14.6. The Balaban J connectivity index is 1.86. The average molecular weight is 507 g/mol. The highest BCUT2D eigenvalue weighted by atomic mass is 32.2. The van der Waals surface area contributed by atoms with E-state index >= 15 is 0 Å². The lowest BCUT2D eigenvalue weighted by atomic mass is 10.0. The lowest BCUT2D eigenvalue weighted by Crippen LogP contribution is -2.52. The van der Waals surface area contributed by atoms with Crippen LogP contribution in [-0.2, 0) is 28.3 Å². The fourth-order valence-corrected chi connectivity index (χ4v) is 4.70. The number of nitrogens with one attached hydrogen (secondary N) is 1. The van der Waals surface area contributed by atoms with Gasteiger partial charge >= 0.3 is 0 Å². The molecule has 0 aliphatic heterocycles. The number of thioether (sulfide) groups is 1. The Morgan fingerprint density at radius 2 is 1.61 bits per heavy atom. The monoisotopic (exact) mass is 506 g/mol. The van der Waals surface area contributed by atoms with Gasteiger partial charge in [0, 0.05) is 30.3 Å². The second-order valence-corrected chi connectivity index (χ2v) is 10.1. The Hall–Kier alpha value is -3.12. The summed E-state index contributed by atoms with van der Waals surface area (Å²) in [6, 6.07) is 23.5. The van der Waals surface area contributed by atoms with Crippen LogP contribution in [0.1, 0.15) is 42.5 Å². The predicted molar refractivity (Wildman–Crippen MR) is 146 cm³/mol. The van der Waals surface area contributed by atoms with Gasteiger partial charge in [-0.05, 0) is 37.5 Å². The van der Waals surface area contributed by atoms with Gasteiger partial charge < -0.3 is 10.2 Å². The van der Waals surface area contributed by atoms with E-state index in [-0.39, 0.29) is 36.0 Å². The molecule has 6 heteroatoms. The molecule has 0 saturated heterocycles. The van der Waals surface area contributed by atoms with E-state index in [1.807, 2.05) is 51.1 Å². The maximum absolute atomic E-state index is 14.6. The standard InChI is InChI=1S/C30H35FN2O2S/c1-4-23(3)32-30(35)28(18-24-10-6-5-7-11-24)33(19-26-12-8-9-13-27(26)31)29(34)21-36-20-25-16-14-22(2)15-17-25/h5-17,23,28H,4,18-21H2,1-3H3,(H,32,35)/t23-,28-/m0/s1. The Morgan fingerprint density at radius 3 is 2.28 bits per heavy atom. The van der Waals surface area contributed by atoms with Crippen molar-refractivity contribution in [2.45, 2.75) is 58.0 Å². The minimum atomic E-state index is -0.756. The van der Waals surface area contributed by atoms with Gasteiger partial charge in [-0.3, -0.25) is 9.59 Å². The van der Waals surface area contributed by atoms with Crippen LogP contribution >= 0.6 is 11.8 Å². The Kier molecular flexibility index (Phi) is 10.6. The van der Waals surface area contributed by atoms with Crippen molar-refractivity contribution in [2.75, 3.05) is 5.75 Å². The van der Waals surface area contributed by atoms with Crippen molar-refractivity contribution in [1.29, 1.82) is 0 Å². The summed E-state index contributed by atoms with van der Waals surface area (Å²) in [7, 11) is 0. The molecule has 2 amide bonds. The van der Waals surface area contributed by atoms with E-state index in [0.717, 1.165) is 17.5 Å². The zero-order valence-electron chi connectivity index (χ0n) is 21.2. The molecule has 0 unspecified atom stereocenters. The van der Waals surface area contributed by atoms with Crippen LogP contribution in [0, 0.1) is 12.7 Å². The van der Waals surface area contributed by atoms with Crippen molar-refractivity contribution in [3.05, 3.63) is 107 Å². The highest BCUT2D eigenvalue weighted by molar-refractivity contribution is 7.99. The van der Waals surface area contributed by atoms with Gasteiger partial charge in [0.2, 0.25) is 11.8 Å². The third-order valence-electron chi connectivity index (χ3n) is 6.19. The molecule has 0 bridgehead atoms. The first-order valence-electron chi connectivity index (χ1n) is 12.4. The maximum Gasteiger partial charge on any atom is 0.243 e. The number of amides is 2. The Bertz CT molecular complexity index is 1120. The molecule has 0 aromatic heterocycles. The van der Waals surface area contributed by atoms with Gasteiger partial charge in [-0.15, -0.1) is 11.8 Å². The highest BCUT2D eigenvalue weighted by Crippen LogP contribution is 2.20. The fourth-order valence-electron chi connectivity index (χ4n) is 3.83. The average Bonchev–Trinajstić information content (AvgIpc) is 2.88. The Morgan fingerprint density at radius 1 is 0.944 bits per heavy atom. The Labute approximate surface area is 218 Å². The van der Waals surface area contributed by atoms with Gasteiger partial charge in [0.15, 0.2) is 0 Å². The largest absolute Gasteiger partial charge is 0.352 e. The molecule has 190 valence electrons. The molecule has 2 atom stereocenters. The summed E-state index contributed by atoms with van der Waals surface area (Å²) in [5.41, 5.74) is 3.66. The normalized spacial score (nSPS) is 12.6. The molecule has 0 aliphatic carbocycles. The zero-order chi connectivity index (χ0) is 25.9. The van der Waals surface area contributed by atoms with Crippen molar-refractivity contribution < 1.29 is 14.0 Å². The number of carbonyl (C=O) groups excluding carboxylic acids is 2. The van der Waals surface area contributed by atoms with E-state index in [4.69, 9.17) is 0 Å². The molecule has 0 aliphatic rings. The van der Waals surface area contributed by atoms with Gasteiger partial charge in [-0.1, -0.05) is 85.3 Å². The van der Waals surface area contributed by atoms with E-state index in [9.17, 15) is 14.0 Å². The molecule has 4 nitrogen and oxygen atoms in total. The first-order chi connectivity index (χ1) is 17.4. The van der Waals surface area contributed by atoms with E-state index in [2.05, 4.69) is 29.6 Å². The molecule has 1 N–H and O–H groups in total. The van der Waals surface area contributed by atoms with Crippen LogP contribution in [-0.4, -0.2) is 34.6 Å². The molecular weight excluding hydrogens is 471 g/mol. The molecule has 0 radical (unpaired) electrons. The molecular formula is C30H35FN2O2S. The SMILES string of the molecule is CC[C@H](C)NC(=O)[C@H](Cc1ccccc1)N(Cc1ccccc1F)C(=O)CSCc1ccc(C)cc1. The van der Waals surface area contributed by atoms with Crippen LogP contribution in [0.3, 0.4) is 0 Å². The molecule has 0 spiro atoms. The minimum Gasteiger partial charge on any atom is -0.352 e. The first kappa shape index (κ1) is 27.5. The third kappa shape index (κ3) is 8.23. The smallest absolute Gasteiger partial charge is 0.243 e. The topological polar surface area (TPSA) is 49.4 Å². The van der Waals surface area contributed by atoms with Crippen LogP contribution in [0.25, 0.3) is 0 Å². The zero-order valence-corrected chi connectivity index (χ0v) is 22.1. The molecule has 3 aromatic rings. The summed E-state index contributed by atoms with van der Waals surface area (Å²) in [4.78, 5) is 28.6. The van der Waals surface area contributed by atoms with Crippen molar-refractivity contribution in [2.24, 2.45) is 0 Å². The molecule has 0 fully saturated rings. The van der Waals surface area contributed by atoms with Crippen LogP contribution in [0.5, 0.6) is 0 Å². The lowest BCUT2D eigenvalue weighted by Gasteiger charge is -2.32. The van der Waals surface area contributed by atoms with E-state index in [1.54, 1.807) is 23.1 Å². The van der Waals surface area contributed by atoms with Crippen LogP contribution in [0.4, 0.5) is 4.39 Å². The molecule has 0 heterocycles. The molecule has 36 heavy (non-hydrogen) atoms. The third-order valence-corrected chi connectivity index (χ3v) is 7.17. The number of carbonyl (C=O) groups is 2. The van der Waals surface area contributed by atoms with Crippen LogP contribution in [0.2, 0.25) is 0 Å². The van der Waals surface area contributed by atoms with E-state index in [0.29, 0.717) is 17.7 Å². The fraction of sp³-hybridized carbons (Fsp3) is 0.333. The van der Waals surface area contributed by atoms with Crippen molar-refractivity contribution in [3.63, 3.8) is 0 Å². The number of rotatable bonds is 12. The van der Waals surface area contributed by atoms with Gasteiger partial charge in [-0.2, -0.15) is 0 Å². The highest BCUT2D eigenvalue weighted by Gasteiger charge is 2.31. The summed E-state index contributed by atoms with van der Waals surface area (Å²) in [6.45, 7) is 6.01. The van der Waals surface area contributed by atoms with Crippen LogP contribution in [0.15, 0.2) is 78.9 Å². The summed E-state index contributed by atoms with van der Waals surface area (Å²) in [6.07, 6.45) is 1.13. The number of aryl methyl sites for hydroxylation is 1. The predicted octanol–water partition coefficient (Wildman–Crippen LogP) is 5.92. The van der Waals surface area contributed by atoms with Gasteiger partial charge in [0.25, 0.3) is 0 Å². The number of hydrogen-bond donors (Lipinski definition) is 1. The first-order valence-corrected chi connectivity index (χ1v) is 13.5. The van der Waals surface area contributed by atoms with Gasteiger partial charge in [-0.25, -0.2) is 4.39 Å². The molecule has 0 saturated carbocycles. The maximum atomic E-state index is 14.6. The minimum absolute atomic E-state index is 0.0298. The summed E-state index contributed by atoms with van der Waals surface area (Å²) >= 11 is 1.50. The molecule has 3 rings (SSSR count). The van der Waals surface area contributed by atoms with Gasteiger partial charge in [0.05, 0.1) is 5.75 Å². The lowest BCUT2D eigenvalue weighted by molar-refractivity contribution is -0.139. The van der Waals surface area contributed by atoms with E-state index < -0.39 is 6.04 Å². The number of nitrogens with zero attached hydrogens (tertiary/aromatic N) is 1.